The Morgan fingerprint density at radius 2 is 2.03 bits per heavy atom. The molecule has 4 rings (SSSR count). The van der Waals surface area contributed by atoms with Gasteiger partial charge in [0.05, 0.1) is 16.1 Å². The highest BCUT2D eigenvalue weighted by Gasteiger charge is 2.14. The maximum Gasteiger partial charge on any atom is 0.271 e. The Hall–Kier alpha value is -3.50. The maximum absolute atomic E-state index is 12.7. The average Bonchev–Trinajstić information content (AvgIpc) is 3.17. The second-order valence-corrected chi connectivity index (χ2v) is 8.53. The molecule has 0 saturated heterocycles. The lowest BCUT2D eigenvalue weighted by Crippen LogP contribution is -2.15. The van der Waals surface area contributed by atoms with Gasteiger partial charge in [-0.05, 0) is 18.6 Å². The lowest BCUT2D eigenvalue weighted by molar-refractivity contribution is -0.384. The van der Waals surface area contributed by atoms with Gasteiger partial charge in [-0.3, -0.25) is 19.7 Å². The number of nitrogens with zero attached hydrogens (tertiary/aromatic N) is 2. The van der Waals surface area contributed by atoms with Crippen molar-refractivity contribution >= 4 is 50.6 Å². The number of aryl methyl sites for hydroxylation is 1. The van der Waals surface area contributed by atoms with Crippen LogP contribution in [0.2, 0.25) is 0 Å². The number of thiophene rings is 1. The topological polar surface area (TPSA) is 118 Å². The van der Waals surface area contributed by atoms with E-state index in [9.17, 15) is 19.7 Å². The van der Waals surface area contributed by atoms with Crippen LogP contribution < -0.4 is 10.9 Å². The summed E-state index contributed by atoms with van der Waals surface area (Å²) in [6, 6.07) is 13.6. The van der Waals surface area contributed by atoms with Crippen molar-refractivity contribution in [3.63, 3.8) is 0 Å². The predicted octanol–water partition coefficient (Wildman–Crippen LogP) is 4.60. The van der Waals surface area contributed by atoms with Crippen molar-refractivity contribution in [2.45, 2.75) is 12.1 Å². The van der Waals surface area contributed by atoms with Crippen LogP contribution >= 0.6 is 23.1 Å². The second kappa shape index (κ2) is 8.70. The summed E-state index contributed by atoms with van der Waals surface area (Å²) < 4.78 is 0. The monoisotopic (exact) mass is 452 g/mol. The summed E-state index contributed by atoms with van der Waals surface area (Å²) in [5, 5.41) is 16.2. The number of carbonyl (C=O) groups excluding carboxylic acids is 1. The molecule has 0 bridgehead atoms. The number of hydrogen-bond donors (Lipinski definition) is 2. The first kappa shape index (κ1) is 20.8. The van der Waals surface area contributed by atoms with E-state index in [-0.39, 0.29) is 22.9 Å². The second-order valence-electron chi connectivity index (χ2n) is 6.71. The Balaban J connectivity index is 1.49. The Labute approximate surface area is 184 Å². The minimum atomic E-state index is -0.528. The minimum absolute atomic E-state index is 0.00661. The summed E-state index contributed by atoms with van der Waals surface area (Å²) in [4.78, 5) is 43.0. The fourth-order valence-corrected chi connectivity index (χ4v) is 4.64. The lowest BCUT2D eigenvalue weighted by Gasteiger charge is -2.05. The molecule has 2 N–H and O–H groups in total. The third kappa shape index (κ3) is 4.65. The van der Waals surface area contributed by atoms with Crippen LogP contribution in [0.1, 0.15) is 5.56 Å². The van der Waals surface area contributed by atoms with Gasteiger partial charge in [-0.15, -0.1) is 11.3 Å². The van der Waals surface area contributed by atoms with E-state index in [1.807, 2.05) is 36.6 Å². The minimum Gasteiger partial charge on any atom is -0.325 e. The summed E-state index contributed by atoms with van der Waals surface area (Å²) in [7, 11) is 0. The molecule has 0 spiro atoms. The number of anilines is 1. The summed E-state index contributed by atoms with van der Waals surface area (Å²) in [5.74, 6) is -0.368. The van der Waals surface area contributed by atoms with Gasteiger partial charge >= 0.3 is 0 Å². The molecule has 0 aliphatic heterocycles. The van der Waals surface area contributed by atoms with Gasteiger partial charge in [-0.25, -0.2) is 4.98 Å². The van der Waals surface area contributed by atoms with Crippen molar-refractivity contribution in [3.8, 4) is 11.1 Å². The number of nitro benzene ring substituents is 1. The number of H-pyrrole nitrogens is 1. The van der Waals surface area contributed by atoms with Crippen LogP contribution in [-0.4, -0.2) is 26.6 Å². The Bertz CT molecular complexity index is 1350. The number of aromatic nitrogens is 2. The molecule has 0 radical (unpaired) electrons. The van der Waals surface area contributed by atoms with E-state index in [4.69, 9.17) is 0 Å². The molecular weight excluding hydrogens is 436 g/mol. The highest BCUT2D eigenvalue weighted by atomic mass is 32.2. The van der Waals surface area contributed by atoms with Crippen LogP contribution in [0.25, 0.3) is 21.3 Å². The van der Waals surface area contributed by atoms with E-state index in [0.29, 0.717) is 21.1 Å². The number of nitro groups is 1. The standard InChI is InChI=1S/C21H16N4O4S2/c1-12-5-7-13(8-6-12)16-10-30-20-18(16)19(27)23-21(24-20)31-11-17(26)22-14-3-2-4-15(9-14)25(28)29/h2-10H,11H2,1H3,(H,22,26)(H,23,24,27). The van der Waals surface area contributed by atoms with Gasteiger partial charge in [0.2, 0.25) is 5.91 Å². The maximum atomic E-state index is 12.7. The number of non-ortho nitro benzene ring substituents is 1. The molecule has 2 aromatic heterocycles. The fourth-order valence-electron chi connectivity index (χ4n) is 2.97. The molecule has 10 heteroatoms. The molecule has 0 saturated carbocycles. The first-order valence-corrected chi connectivity index (χ1v) is 11.0. The van der Waals surface area contributed by atoms with Gasteiger partial charge < -0.3 is 10.3 Å². The number of benzene rings is 2. The number of rotatable bonds is 6. The predicted molar refractivity (Wildman–Crippen MR) is 123 cm³/mol. The number of carbonyl (C=O) groups is 1. The molecule has 0 atom stereocenters. The van der Waals surface area contributed by atoms with Crippen LogP contribution in [0.4, 0.5) is 11.4 Å². The van der Waals surface area contributed by atoms with Crippen molar-refractivity contribution in [1.82, 2.24) is 9.97 Å². The quantitative estimate of drug-likeness (QED) is 0.191. The molecule has 0 fully saturated rings. The zero-order chi connectivity index (χ0) is 22.0. The molecule has 0 aliphatic rings. The Morgan fingerprint density at radius 1 is 1.26 bits per heavy atom. The van der Waals surface area contributed by atoms with E-state index in [0.717, 1.165) is 28.5 Å². The molecule has 2 aromatic carbocycles. The number of fused-ring (bicyclic) bond motifs is 1. The third-order valence-electron chi connectivity index (χ3n) is 4.47. The average molecular weight is 453 g/mol. The first-order valence-electron chi connectivity index (χ1n) is 9.16. The van der Waals surface area contributed by atoms with Crippen molar-refractivity contribution in [3.05, 3.63) is 79.9 Å². The Morgan fingerprint density at radius 3 is 2.77 bits per heavy atom. The van der Waals surface area contributed by atoms with Crippen molar-refractivity contribution < 1.29 is 9.72 Å². The summed E-state index contributed by atoms with van der Waals surface area (Å²) in [6.07, 6.45) is 0. The molecule has 1 amide bonds. The highest BCUT2D eigenvalue weighted by molar-refractivity contribution is 7.99. The zero-order valence-electron chi connectivity index (χ0n) is 16.2. The first-order chi connectivity index (χ1) is 14.9. The number of thioether (sulfide) groups is 1. The molecule has 2 heterocycles. The molecule has 4 aromatic rings. The molecule has 156 valence electrons. The zero-order valence-corrected chi connectivity index (χ0v) is 17.9. The summed E-state index contributed by atoms with van der Waals surface area (Å²) in [5.41, 5.74) is 2.87. The van der Waals surface area contributed by atoms with E-state index in [2.05, 4.69) is 15.3 Å². The molecule has 0 aliphatic carbocycles. The SMILES string of the molecule is Cc1ccc(-c2csc3nc(SCC(=O)Nc4cccc([N+](=O)[O-])c4)[nH]c(=O)c23)cc1. The van der Waals surface area contributed by atoms with Gasteiger partial charge in [0, 0.05) is 28.8 Å². The van der Waals surface area contributed by atoms with E-state index < -0.39 is 4.92 Å². The molecular formula is C21H16N4O4S2. The fraction of sp³-hybridized carbons (Fsp3) is 0.0952. The van der Waals surface area contributed by atoms with Gasteiger partial charge in [0.25, 0.3) is 11.2 Å². The number of hydrogen-bond acceptors (Lipinski definition) is 7. The van der Waals surface area contributed by atoms with Crippen molar-refractivity contribution in [2.24, 2.45) is 0 Å². The normalized spacial score (nSPS) is 10.9. The molecule has 0 unspecified atom stereocenters. The summed E-state index contributed by atoms with van der Waals surface area (Å²) >= 11 is 2.46. The third-order valence-corrected chi connectivity index (χ3v) is 6.21. The van der Waals surface area contributed by atoms with Crippen molar-refractivity contribution in [1.29, 1.82) is 0 Å². The molecule has 31 heavy (non-hydrogen) atoms. The molecule has 8 nitrogen and oxygen atoms in total. The van der Waals surface area contributed by atoms with E-state index >= 15 is 0 Å². The number of nitrogens with one attached hydrogen (secondary N) is 2. The van der Waals surface area contributed by atoms with Crippen LogP contribution in [0.15, 0.2) is 63.9 Å². The van der Waals surface area contributed by atoms with Crippen LogP contribution in [0.3, 0.4) is 0 Å². The number of amides is 1. The van der Waals surface area contributed by atoms with E-state index in [1.165, 1.54) is 29.5 Å². The summed E-state index contributed by atoms with van der Waals surface area (Å²) in [6.45, 7) is 2.00. The smallest absolute Gasteiger partial charge is 0.271 e. The van der Waals surface area contributed by atoms with Crippen LogP contribution in [-0.2, 0) is 4.79 Å². The van der Waals surface area contributed by atoms with Gasteiger partial charge in [-0.2, -0.15) is 0 Å². The van der Waals surface area contributed by atoms with Gasteiger partial charge in [0.15, 0.2) is 5.16 Å². The largest absolute Gasteiger partial charge is 0.325 e. The van der Waals surface area contributed by atoms with Gasteiger partial charge in [0.1, 0.15) is 4.83 Å². The van der Waals surface area contributed by atoms with Crippen LogP contribution in [0.5, 0.6) is 0 Å². The lowest BCUT2D eigenvalue weighted by atomic mass is 10.1. The highest BCUT2D eigenvalue weighted by Crippen LogP contribution is 2.31. The Kier molecular flexibility index (Phi) is 5.83. The van der Waals surface area contributed by atoms with Crippen LogP contribution in [0, 0.1) is 17.0 Å². The van der Waals surface area contributed by atoms with Crippen molar-refractivity contribution in [2.75, 3.05) is 11.1 Å². The van der Waals surface area contributed by atoms with Gasteiger partial charge in [-0.1, -0.05) is 47.7 Å². The van der Waals surface area contributed by atoms with E-state index in [1.54, 1.807) is 6.07 Å². The number of aromatic amines is 1.